The Morgan fingerprint density at radius 2 is 2.06 bits per heavy atom. The van der Waals surface area contributed by atoms with E-state index in [0.29, 0.717) is 17.3 Å². The van der Waals surface area contributed by atoms with Crippen molar-refractivity contribution in [1.82, 2.24) is 4.90 Å². The second-order valence-corrected chi connectivity index (χ2v) is 5.37. The van der Waals surface area contributed by atoms with Crippen LogP contribution in [0.25, 0.3) is 0 Å². The molecule has 2 rings (SSSR count). The monoisotopic (exact) mass is 256 g/mol. The Hall–Kier alpha value is -0.680. The molecule has 5 heteroatoms. The average Bonchev–Trinajstić information content (AvgIpc) is 2.82. The maximum absolute atomic E-state index is 12.0. The highest BCUT2D eigenvalue weighted by Gasteiger charge is 2.27. The van der Waals surface area contributed by atoms with Crippen LogP contribution < -0.4 is 5.73 Å². The van der Waals surface area contributed by atoms with Crippen molar-refractivity contribution in [3.8, 4) is 0 Å². The molecule has 1 unspecified atom stereocenters. The number of amides is 1. The standard InChI is InChI=1S/C12H20N2O2S/c13-12(17)9-3-5-14(6-4-9)11(15)8-10-2-1-7-16-10/h9-10H,1-8H2,(H2,13,17). The fourth-order valence-corrected chi connectivity index (χ4v) is 2.78. The van der Waals surface area contributed by atoms with E-state index in [2.05, 4.69) is 0 Å². The van der Waals surface area contributed by atoms with Crippen LogP contribution in [0.15, 0.2) is 0 Å². The summed E-state index contributed by atoms with van der Waals surface area (Å²) in [6, 6.07) is 0. The third kappa shape index (κ3) is 3.39. The average molecular weight is 256 g/mol. The zero-order valence-corrected chi connectivity index (χ0v) is 10.9. The number of hydrogen-bond acceptors (Lipinski definition) is 3. The second-order valence-electron chi connectivity index (χ2n) is 4.90. The lowest BCUT2D eigenvalue weighted by Gasteiger charge is -2.32. The molecule has 0 aromatic rings. The molecule has 0 aromatic heterocycles. The molecule has 2 fully saturated rings. The predicted molar refractivity (Wildman–Crippen MR) is 69.7 cm³/mol. The van der Waals surface area contributed by atoms with Gasteiger partial charge in [-0.1, -0.05) is 12.2 Å². The van der Waals surface area contributed by atoms with Crippen molar-refractivity contribution >= 4 is 23.1 Å². The van der Waals surface area contributed by atoms with Crippen LogP contribution in [0, 0.1) is 5.92 Å². The van der Waals surface area contributed by atoms with E-state index in [1.807, 2.05) is 4.90 Å². The number of rotatable bonds is 3. The number of nitrogens with zero attached hydrogens (tertiary/aromatic N) is 1. The molecule has 1 amide bonds. The Labute approximate surface area is 107 Å². The van der Waals surface area contributed by atoms with Crippen LogP contribution in [0.4, 0.5) is 0 Å². The van der Waals surface area contributed by atoms with Crippen LogP contribution in [0.2, 0.25) is 0 Å². The fraction of sp³-hybridized carbons (Fsp3) is 0.833. The molecule has 0 spiro atoms. The van der Waals surface area contributed by atoms with Crippen molar-refractivity contribution in [2.45, 2.75) is 38.2 Å². The Balaban J connectivity index is 1.75. The van der Waals surface area contributed by atoms with Gasteiger partial charge in [0.15, 0.2) is 0 Å². The molecule has 0 bridgehead atoms. The van der Waals surface area contributed by atoms with E-state index < -0.39 is 0 Å². The van der Waals surface area contributed by atoms with Gasteiger partial charge in [0.1, 0.15) is 0 Å². The molecular formula is C12H20N2O2S. The first-order valence-corrected chi connectivity index (χ1v) is 6.76. The molecule has 17 heavy (non-hydrogen) atoms. The minimum atomic E-state index is 0.149. The van der Waals surface area contributed by atoms with E-state index in [0.717, 1.165) is 45.4 Å². The number of carbonyl (C=O) groups excluding carboxylic acids is 1. The first kappa shape index (κ1) is 12.8. The molecule has 0 aliphatic carbocycles. The third-order valence-electron chi connectivity index (χ3n) is 3.68. The number of nitrogens with two attached hydrogens (primary N) is 1. The van der Waals surface area contributed by atoms with E-state index in [9.17, 15) is 4.79 Å². The number of carbonyl (C=O) groups is 1. The Bertz CT molecular complexity index is 295. The molecule has 1 atom stereocenters. The van der Waals surface area contributed by atoms with E-state index in [-0.39, 0.29) is 12.0 Å². The molecular weight excluding hydrogens is 236 g/mol. The summed E-state index contributed by atoms with van der Waals surface area (Å²) < 4.78 is 5.49. The number of thiocarbonyl (C=S) groups is 1. The second kappa shape index (κ2) is 5.78. The Kier molecular flexibility index (Phi) is 4.34. The normalized spacial score (nSPS) is 26.1. The predicted octanol–water partition coefficient (Wildman–Crippen LogP) is 1.08. The lowest BCUT2D eigenvalue weighted by atomic mass is 9.96. The van der Waals surface area contributed by atoms with Crippen LogP contribution in [0.1, 0.15) is 32.1 Å². The summed E-state index contributed by atoms with van der Waals surface area (Å²) >= 11 is 4.99. The molecule has 2 heterocycles. The minimum Gasteiger partial charge on any atom is -0.393 e. The quantitative estimate of drug-likeness (QED) is 0.768. The fourth-order valence-electron chi connectivity index (χ4n) is 2.54. The van der Waals surface area contributed by atoms with E-state index in [1.54, 1.807) is 0 Å². The molecule has 0 aromatic carbocycles. The van der Waals surface area contributed by atoms with Crippen LogP contribution in [0.3, 0.4) is 0 Å². The van der Waals surface area contributed by atoms with Gasteiger partial charge in [-0.15, -0.1) is 0 Å². The van der Waals surface area contributed by atoms with E-state index in [4.69, 9.17) is 22.7 Å². The minimum absolute atomic E-state index is 0.149. The smallest absolute Gasteiger partial charge is 0.225 e. The van der Waals surface area contributed by atoms with Crippen molar-refractivity contribution in [2.75, 3.05) is 19.7 Å². The highest BCUT2D eigenvalue weighted by molar-refractivity contribution is 7.80. The summed E-state index contributed by atoms with van der Waals surface area (Å²) in [5.74, 6) is 0.537. The Morgan fingerprint density at radius 1 is 1.35 bits per heavy atom. The van der Waals surface area contributed by atoms with Gasteiger partial charge in [-0.25, -0.2) is 0 Å². The number of ether oxygens (including phenoxy) is 1. The van der Waals surface area contributed by atoms with Crippen LogP contribution in [-0.4, -0.2) is 41.6 Å². The van der Waals surface area contributed by atoms with Crippen molar-refractivity contribution in [3.63, 3.8) is 0 Å². The highest BCUT2D eigenvalue weighted by atomic mass is 32.1. The van der Waals surface area contributed by atoms with Gasteiger partial charge in [0.25, 0.3) is 0 Å². The van der Waals surface area contributed by atoms with Crippen LogP contribution >= 0.6 is 12.2 Å². The van der Waals surface area contributed by atoms with Gasteiger partial charge < -0.3 is 15.4 Å². The van der Waals surface area contributed by atoms with Crippen molar-refractivity contribution in [2.24, 2.45) is 11.7 Å². The molecule has 2 N–H and O–H groups in total. The summed E-state index contributed by atoms with van der Waals surface area (Å²) in [6.07, 6.45) is 4.61. The van der Waals surface area contributed by atoms with Crippen molar-refractivity contribution in [1.29, 1.82) is 0 Å². The molecule has 2 aliphatic rings. The zero-order valence-electron chi connectivity index (χ0n) is 10.1. The van der Waals surface area contributed by atoms with Gasteiger partial charge >= 0.3 is 0 Å². The van der Waals surface area contributed by atoms with Gasteiger partial charge in [-0.3, -0.25) is 4.79 Å². The summed E-state index contributed by atoms with van der Waals surface area (Å²) in [5.41, 5.74) is 5.63. The molecule has 4 nitrogen and oxygen atoms in total. The van der Waals surface area contributed by atoms with Gasteiger partial charge in [-0.05, 0) is 25.7 Å². The first-order valence-electron chi connectivity index (χ1n) is 6.35. The highest BCUT2D eigenvalue weighted by Crippen LogP contribution is 2.21. The molecule has 96 valence electrons. The van der Waals surface area contributed by atoms with Gasteiger partial charge in [0, 0.05) is 25.6 Å². The molecule has 2 saturated heterocycles. The van der Waals surface area contributed by atoms with Crippen LogP contribution in [-0.2, 0) is 9.53 Å². The number of piperidine rings is 1. The van der Waals surface area contributed by atoms with Crippen molar-refractivity contribution < 1.29 is 9.53 Å². The lowest BCUT2D eigenvalue weighted by Crippen LogP contribution is -2.42. The number of likely N-dealkylation sites (tertiary alicyclic amines) is 1. The SMILES string of the molecule is NC(=S)C1CCN(C(=O)CC2CCCO2)CC1. The van der Waals surface area contributed by atoms with Gasteiger partial charge in [0.05, 0.1) is 17.5 Å². The maximum Gasteiger partial charge on any atom is 0.225 e. The van der Waals surface area contributed by atoms with E-state index >= 15 is 0 Å². The molecule has 0 radical (unpaired) electrons. The van der Waals surface area contributed by atoms with E-state index in [1.165, 1.54) is 0 Å². The number of hydrogen-bond donors (Lipinski definition) is 1. The summed E-state index contributed by atoms with van der Waals surface area (Å²) in [4.78, 5) is 14.5. The van der Waals surface area contributed by atoms with Gasteiger partial charge in [-0.2, -0.15) is 0 Å². The molecule has 2 aliphatic heterocycles. The summed E-state index contributed by atoms with van der Waals surface area (Å²) in [7, 11) is 0. The largest absolute Gasteiger partial charge is 0.393 e. The third-order valence-corrected chi connectivity index (χ3v) is 4.01. The molecule has 0 saturated carbocycles. The topological polar surface area (TPSA) is 55.6 Å². The Morgan fingerprint density at radius 3 is 2.59 bits per heavy atom. The van der Waals surface area contributed by atoms with Gasteiger partial charge in [0.2, 0.25) is 5.91 Å². The zero-order chi connectivity index (χ0) is 12.3. The maximum atomic E-state index is 12.0. The summed E-state index contributed by atoms with van der Waals surface area (Å²) in [5, 5.41) is 0. The first-order chi connectivity index (χ1) is 8.16. The van der Waals surface area contributed by atoms with Crippen LogP contribution in [0.5, 0.6) is 0 Å². The van der Waals surface area contributed by atoms with Crippen molar-refractivity contribution in [3.05, 3.63) is 0 Å². The summed E-state index contributed by atoms with van der Waals surface area (Å²) in [6.45, 7) is 2.38. The lowest BCUT2D eigenvalue weighted by molar-refractivity contribution is -0.134.